The molecule has 0 spiro atoms. The Morgan fingerprint density at radius 3 is 2.11 bits per heavy atom. The zero-order valence-electron chi connectivity index (χ0n) is 11.9. The molecule has 19 heavy (non-hydrogen) atoms. The van der Waals surface area contributed by atoms with Crippen LogP contribution in [0.5, 0.6) is 0 Å². The molecule has 2 heteroatoms. The third-order valence-corrected chi connectivity index (χ3v) is 4.11. The molecule has 2 rings (SSSR count). The normalized spacial score (nSPS) is 18.0. The molecule has 0 unspecified atom stereocenters. The Morgan fingerprint density at radius 1 is 1.11 bits per heavy atom. The van der Waals surface area contributed by atoms with Gasteiger partial charge in [0.1, 0.15) is 5.60 Å². The van der Waals surface area contributed by atoms with Gasteiger partial charge in [-0.25, -0.2) is 0 Å². The van der Waals surface area contributed by atoms with Crippen LogP contribution in [-0.4, -0.2) is 18.5 Å². The standard InChI is InChI=1S/C17H22O2/c1-13(2)14-7-9-15(10-8-14)16(18)17(19-3)11-5-4-6-12-17/h7-10H,1,4-6,11-12H2,2-3H3. The van der Waals surface area contributed by atoms with Gasteiger partial charge in [0.05, 0.1) is 0 Å². The smallest absolute Gasteiger partial charge is 0.194 e. The topological polar surface area (TPSA) is 26.3 Å². The maximum atomic E-state index is 12.7. The van der Waals surface area contributed by atoms with E-state index in [1.165, 1.54) is 6.42 Å². The Labute approximate surface area is 115 Å². The van der Waals surface area contributed by atoms with Crippen LogP contribution in [0.3, 0.4) is 0 Å². The van der Waals surface area contributed by atoms with E-state index in [1.807, 2.05) is 31.2 Å². The van der Waals surface area contributed by atoms with Gasteiger partial charge in [-0.3, -0.25) is 4.79 Å². The monoisotopic (exact) mass is 258 g/mol. The highest BCUT2D eigenvalue weighted by Gasteiger charge is 2.39. The van der Waals surface area contributed by atoms with E-state index in [1.54, 1.807) is 7.11 Å². The van der Waals surface area contributed by atoms with Gasteiger partial charge in [0.25, 0.3) is 0 Å². The van der Waals surface area contributed by atoms with Crippen molar-refractivity contribution in [3.05, 3.63) is 42.0 Å². The quantitative estimate of drug-likeness (QED) is 0.755. The maximum absolute atomic E-state index is 12.7. The molecular formula is C17H22O2. The molecule has 1 fully saturated rings. The van der Waals surface area contributed by atoms with Gasteiger partial charge in [0.2, 0.25) is 0 Å². The zero-order chi connectivity index (χ0) is 13.9. The summed E-state index contributed by atoms with van der Waals surface area (Å²) >= 11 is 0. The van der Waals surface area contributed by atoms with E-state index in [0.717, 1.165) is 42.4 Å². The lowest BCUT2D eigenvalue weighted by Gasteiger charge is -2.34. The summed E-state index contributed by atoms with van der Waals surface area (Å²) in [5.74, 6) is 0.128. The number of hydrogen-bond donors (Lipinski definition) is 0. The van der Waals surface area contributed by atoms with E-state index in [-0.39, 0.29) is 5.78 Å². The molecule has 0 atom stereocenters. The van der Waals surface area contributed by atoms with Crippen LogP contribution in [0.15, 0.2) is 30.8 Å². The van der Waals surface area contributed by atoms with Crippen molar-refractivity contribution in [1.82, 2.24) is 0 Å². The lowest BCUT2D eigenvalue weighted by molar-refractivity contribution is -0.0194. The second-order valence-electron chi connectivity index (χ2n) is 5.45. The van der Waals surface area contributed by atoms with Gasteiger partial charge in [-0.1, -0.05) is 55.7 Å². The average Bonchev–Trinajstić information content (AvgIpc) is 2.47. The number of rotatable bonds is 4. The Hall–Kier alpha value is -1.41. The van der Waals surface area contributed by atoms with E-state index in [0.29, 0.717) is 0 Å². The van der Waals surface area contributed by atoms with Crippen molar-refractivity contribution in [2.24, 2.45) is 0 Å². The first-order valence-electron chi connectivity index (χ1n) is 6.95. The third kappa shape index (κ3) is 2.79. The van der Waals surface area contributed by atoms with Crippen molar-refractivity contribution in [3.8, 4) is 0 Å². The molecule has 1 aliphatic carbocycles. The number of carbonyl (C=O) groups is 1. The van der Waals surface area contributed by atoms with Gasteiger partial charge in [0, 0.05) is 12.7 Å². The zero-order valence-corrected chi connectivity index (χ0v) is 11.9. The van der Waals surface area contributed by atoms with Crippen LogP contribution < -0.4 is 0 Å². The third-order valence-electron chi connectivity index (χ3n) is 4.11. The lowest BCUT2D eigenvalue weighted by atomic mass is 9.79. The van der Waals surface area contributed by atoms with Gasteiger partial charge in [0.15, 0.2) is 5.78 Å². The van der Waals surface area contributed by atoms with E-state index in [4.69, 9.17) is 4.74 Å². The summed E-state index contributed by atoms with van der Waals surface area (Å²) in [6, 6.07) is 7.70. The average molecular weight is 258 g/mol. The molecule has 1 aliphatic rings. The molecule has 0 aliphatic heterocycles. The molecule has 1 aromatic rings. The van der Waals surface area contributed by atoms with Crippen molar-refractivity contribution in [1.29, 1.82) is 0 Å². The lowest BCUT2D eigenvalue weighted by Crippen LogP contribution is -2.42. The van der Waals surface area contributed by atoms with Crippen molar-refractivity contribution in [3.63, 3.8) is 0 Å². The SMILES string of the molecule is C=C(C)c1ccc(C(=O)C2(OC)CCCCC2)cc1. The maximum Gasteiger partial charge on any atom is 0.194 e. The van der Waals surface area contributed by atoms with Crippen molar-refractivity contribution in [2.45, 2.75) is 44.6 Å². The molecule has 102 valence electrons. The summed E-state index contributed by atoms with van der Waals surface area (Å²) in [6.07, 6.45) is 5.02. The van der Waals surface area contributed by atoms with Crippen molar-refractivity contribution < 1.29 is 9.53 Å². The highest BCUT2D eigenvalue weighted by molar-refractivity contribution is 6.02. The van der Waals surface area contributed by atoms with Crippen molar-refractivity contribution >= 4 is 11.4 Å². The van der Waals surface area contributed by atoms with Gasteiger partial charge in [-0.15, -0.1) is 0 Å². The first kappa shape index (κ1) is 14.0. The first-order valence-corrected chi connectivity index (χ1v) is 6.95. The fourth-order valence-electron chi connectivity index (χ4n) is 2.82. The molecule has 0 radical (unpaired) electrons. The van der Waals surface area contributed by atoms with E-state index >= 15 is 0 Å². The number of allylic oxidation sites excluding steroid dienone is 1. The minimum atomic E-state index is -0.594. The molecule has 2 nitrogen and oxygen atoms in total. The molecule has 0 N–H and O–H groups in total. The van der Waals surface area contributed by atoms with E-state index in [9.17, 15) is 4.79 Å². The highest BCUT2D eigenvalue weighted by atomic mass is 16.5. The number of ketones is 1. The molecule has 1 aromatic carbocycles. The minimum Gasteiger partial charge on any atom is -0.370 e. The molecule has 0 aromatic heterocycles. The summed E-state index contributed by atoms with van der Waals surface area (Å²) in [4.78, 5) is 12.7. The number of benzene rings is 1. The number of ether oxygens (including phenoxy) is 1. The van der Waals surface area contributed by atoms with Gasteiger partial charge < -0.3 is 4.74 Å². The Kier molecular flexibility index (Phi) is 4.20. The molecule has 0 bridgehead atoms. The minimum absolute atomic E-state index is 0.128. The summed E-state index contributed by atoms with van der Waals surface area (Å²) in [7, 11) is 1.66. The number of Topliss-reactive ketones (excluding diaryl/α,β-unsaturated/α-hetero) is 1. The summed E-state index contributed by atoms with van der Waals surface area (Å²) in [5, 5.41) is 0. The summed E-state index contributed by atoms with van der Waals surface area (Å²) in [5.41, 5.74) is 2.24. The predicted octanol–water partition coefficient (Wildman–Crippen LogP) is 4.25. The van der Waals surface area contributed by atoms with Crippen LogP contribution in [0.25, 0.3) is 5.57 Å². The van der Waals surface area contributed by atoms with E-state index in [2.05, 4.69) is 6.58 Å². The first-order chi connectivity index (χ1) is 9.09. The fraction of sp³-hybridized carbons (Fsp3) is 0.471. The van der Waals surface area contributed by atoms with Crippen LogP contribution in [0, 0.1) is 0 Å². The molecular weight excluding hydrogens is 236 g/mol. The van der Waals surface area contributed by atoms with Crippen LogP contribution in [-0.2, 0) is 4.74 Å². The second-order valence-corrected chi connectivity index (χ2v) is 5.45. The molecule has 0 saturated heterocycles. The highest BCUT2D eigenvalue weighted by Crippen LogP contribution is 2.34. The summed E-state index contributed by atoms with van der Waals surface area (Å²) in [6.45, 7) is 5.88. The van der Waals surface area contributed by atoms with Gasteiger partial charge >= 0.3 is 0 Å². The van der Waals surface area contributed by atoms with Gasteiger partial charge in [-0.2, -0.15) is 0 Å². The Balaban J connectivity index is 2.24. The number of methoxy groups -OCH3 is 1. The fourth-order valence-corrected chi connectivity index (χ4v) is 2.82. The van der Waals surface area contributed by atoms with Crippen LogP contribution >= 0.6 is 0 Å². The predicted molar refractivity (Wildman–Crippen MR) is 78.3 cm³/mol. The van der Waals surface area contributed by atoms with Crippen LogP contribution in [0.4, 0.5) is 0 Å². The Morgan fingerprint density at radius 2 is 1.63 bits per heavy atom. The summed E-state index contributed by atoms with van der Waals surface area (Å²) < 4.78 is 5.61. The van der Waals surface area contributed by atoms with E-state index < -0.39 is 5.60 Å². The Bertz CT molecular complexity index is 465. The van der Waals surface area contributed by atoms with Crippen molar-refractivity contribution in [2.75, 3.05) is 7.11 Å². The molecule has 0 amide bonds. The molecule has 1 saturated carbocycles. The number of hydrogen-bond acceptors (Lipinski definition) is 2. The second kappa shape index (κ2) is 5.70. The molecule has 0 heterocycles. The van der Waals surface area contributed by atoms with Gasteiger partial charge in [-0.05, 0) is 25.3 Å². The van der Waals surface area contributed by atoms with Crippen LogP contribution in [0.1, 0.15) is 54.9 Å². The number of carbonyl (C=O) groups excluding carboxylic acids is 1. The van der Waals surface area contributed by atoms with Crippen LogP contribution in [0.2, 0.25) is 0 Å². The largest absolute Gasteiger partial charge is 0.370 e.